The largest absolute Gasteiger partial charge is 0.347 e. The molecule has 4 nitrogen and oxygen atoms in total. The number of nitrogens with zero attached hydrogens (tertiary/aromatic N) is 1. The molecule has 1 aliphatic rings. The van der Waals surface area contributed by atoms with E-state index in [4.69, 9.17) is 0 Å². The molecule has 0 spiro atoms. The summed E-state index contributed by atoms with van der Waals surface area (Å²) in [5, 5.41) is 3.17. The first kappa shape index (κ1) is 13.1. The Kier molecular flexibility index (Phi) is 4.04. The summed E-state index contributed by atoms with van der Waals surface area (Å²) in [6, 6.07) is 0.0107. The number of H-pyrrole nitrogens is 1. The number of hydrogen-bond acceptors (Lipinski definition) is 2. The predicted molar refractivity (Wildman–Crippen MR) is 71.0 cm³/mol. The minimum Gasteiger partial charge on any atom is -0.347 e. The van der Waals surface area contributed by atoms with Crippen molar-refractivity contribution in [3.63, 3.8) is 0 Å². The van der Waals surface area contributed by atoms with Gasteiger partial charge in [0.15, 0.2) is 0 Å². The van der Waals surface area contributed by atoms with Crippen LogP contribution in [0.15, 0.2) is 12.4 Å². The van der Waals surface area contributed by atoms with Crippen molar-refractivity contribution in [3.05, 3.63) is 18.2 Å². The quantitative estimate of drug-likeness (QED) is 0.843. The van der Waals surface area contributed by atoms with Gasteiger partial charge in [0.1, 0.15) is 5.82 Å². The lowest BCUT2D eigenvalue weighted by molar-refractivity contribution is -0.132. The van der Waals surface area contributed by atoms with Gasteiger partial charge in [-0.3, -0.25) is 4.79 Å². The zero-order valence-corrected chi connectivity index (χ0v) is 11.3. The van der Waals surface area contributed by atoms with Gasteiger partial charge in [0, 0.05) is 17.8 Å². The van der Waals surface area contributed by atoms with Gasteiger partial charge in [0.2, 0.25) is 5.91 Å². The highest BCUT2D eigenvalue weighted by molar-refractivity contribution is 5.83. The fourth-order valence-corrected chi connectivity index (χ4v) is 2.94. The maximum atomic E-state index is 12.5. The minimum absolute atomic E-state index is 0.0107. The summed E-state index contributed by atoms with van der Waals surface area (Å²) in [5.41, 5.74) is -0.125. The standard InChI is InChI=1S/C14H23N3O/c1-3-11(12-15-9-10-16-12)17-13(18)14(4-2)7-5-6-8-14/h9-11H,3-8H2,1-2H3,(H,15,16)(H,17,18). The number of rotatable bonds is 5. The number of aromatic nitrogens is 2. The number of carbonyl (C=O) groups excluding carboxylic acids is 1. The summed E-state index contributed by atoms with van der Waals surface area (Å²) in [4.78, 5) is 19.8. The van der Waals surface area contributed by atoms with Crippen LogP contribution >= 0.6 is 0 Å². The zero-order valence-electron chi connectivity index (χ0n) is 11.3. The highest BCUT2D eigenvalue weighted by atomic mass is 16.2. The molecule has 0 saturated heterocycles. The van der Waals surface area contributed by atoms with E-state index in [1.54, 1.807) is 12.4 Å². The molecule has 1 unspecified atom stereocenters. The molecule has 1 aromatic heterocycles. The molecular weight excluding hydrogens is 226 g/mol. The van der Waals surface area contributed by atoms with Crippen LogP contribution in [-0.2, 0) is 4.79 Å². The minimum atomic E-state index is -0.125. The molecule has 1 aromatic rings. The van der Waals surface area contributed by atoms with Crippen LogP contribution in [0.25, 0.3) is 0 Å². The predicted octanol–water partition coefficient (Wildman–Crippen LogP) is 2.95. The van der Waals surface area contributed by atoms with Gasteiger partial charge in [0.05, 0.1) is 6.04 Å². The van der Waals surface area contributed by atoms with Gasteiger partial charge in [-0.1, -0.05) is 26.7 Å². The normalized spacial score (nSPS) is 19.7. The molecule has 1 atom stereocenters. The second-order valence-corrected chi connectivity index (χ2v) is 5.25. The lowest BCUT2D eigenvalue weighted by atomic mass is 9.82. The molecule has 1 saturated carbocycles. The van der Waals surface area contributed by atoms with Crippen molar-refractivity contribution in [2.24, 2.45) is 5.41 Å². The van der Waals surface area contributed by atoms with Gasteiger partial charge in [0.25, 0.3) is 0 Å². The molecule has 2 rings (SSSR count). The summed E-state index contributed by atoms with van der Waals surface area (Å²) in [7, 11) is 0. The van der Waals surface area contributed by atoms with Gasteiger partial charge < -0.3 is 10.3 Å². The third-order valence-electron chi connectivity index (χ3n) is 4.28. The lowest BCUT2D eigenvalue weighted by Crippen LogP contribution is -2.40. The first-order chi connectivity index (χ1) is 8.72. The van der Waals surface area contributed by atoms with E-state index in [1.807, 2.05) is 0 Å². The molecule has 0 aliphatic heterocycles. The average Bonchev–Trinajstić information content (AvgIpc) is 3.06. The van der Waals surface area contributed by atoms with Gasteiger partial charge in [-0.2, -0.15) is 0 Å². The number of amides is 1. The van der Waals surface area contributed by atoms with E-state index in [-0.39, 0.29) is 17.4 Å². The molecule has 4 heteroatoms. The summed E-state index contributed by atoms with van der Waals surface area (Å²) in [5.74, 6) is 1.07. The van der Waals surface area contributed by atoms with Gasteiger partial charge in [-0.25, -0.2) is 4.98 Å². The Hall–Kier alpha value is -1.32. The first-order valence-corrected chi connectivity index (χ1v) is 7.02. The van der Waals surface area contributed by atoms with Crippen LogP contribution in [0.3, 0.4) is 0 Å². The van der Waals surface area contributed by atoms with E-state index in [2.05, 4.69) is 29.1 Å². The summed E-state index contributed by atoms with van der Waals surface area (Å²) < 4.78 is 0. The molecule has 18 heavy (non-hydrogen) atoms. The molecule has 100 valence electrons. The highest BCUT2D eigenvalue weighted by Gasteiger charge is 2.40. The number of hydrogen-bond donors (Lipinski definition) is 2. The van der Waals surface area contributed by atoms with Crippen molar-refractivity contribution < 1.29 is 4.79 Å². The van der Waals surface area contributed by atoms with Crippen molar-refractivity contribution >= 4 is 5.91 Å². The van der Waals surface area contributed by atoms with Crippen molar-refractivity contribution in [3.8, 4) is 0 Å². The van der Waals surface area contributed by atoms with E-state index in [0.717, 1.165) is 31.5 Å². The molecule has 1 heterocycles. The first-order valence-electron chi connectivity index (χ1n) is 7.02. The molecule has 2 N–H and O–H groups in total. The van der Waals surface area contributed by atoms with E-state index >= 15 is 0 Å². The van der Waals surface area contributed by atoms with Gasteiger partial charge in [-0.15, -0.1) is 0 Å². The average molecular weight is 249 g/mol. The summed E-state index contributed by atoms with van der Waals surface area (Å²) >= 11 is 0. The van der Waals surface area contributed by atoms with E-state index < -0.39 is 0 Å². The van der Waals surface area contributed by atoms with Crippen LogP contribution in [-0.4, -0.2) is 15.9 Å². The van der Waals surface area contributed by atoms with Gasteiger partial charge in [-0.05, 0) is 25.7 Å². The summed E-state index contributed by atoms with van der Waals surface area (Å²) in [6.45, 7) is 4.19. The number of imidazole rings is 1. The molecule has 0 aromatic carbocycles. The number of nitrogens with one attached hydrogen (secondary N) is 2. The zero-order chi connectivity index (χ0) is 13.0. The molecular formula is C14H23N3O. The van der Waals surface area contributed by atoms with Gasteiger partial charge >= 0.3 is 0 Å². The Balaban J connectivity index is 2.05. The SMILES string of the molecule is CCC(NC(=O)C1(CC)CCCC1)c1ncc[nH]1. The maximum Gasteiger partial charge on any atom is 0.226 e. The molecule has 0 radical (unpaired) electrons. The van der Waals surface area contributed by atoms with Crippen LogP contribution < -0.4 is 5.32 Å². The second kappa shape index (κ2) is 5.55. The van der Waals surface area contributed by atoms with E-state index in [0.29, 0.717) is 0 Å². The molecule has 1 amide bonds. The van der Waals surface area contributed by atoms with Crippen LogP contribution in [0, 0.1) is 5.41 Å². The molecule has 0 bridgehead atoms. The van der Waals surface area contributed by atoms with Crippen LogP contribution in [0.5, 0.6) is 0 Å². The summed E-state index contributed by atoms with van der Waals surface area (Å²) in [6.07, 6.45) is 9.75. The molecule has 1 aliphatic carbocycles. The number of carbonyl (C=O) groups is 1. The van der Waals surface area contributed by atoms with Crippen LogP contribution in [0.4, 0.5) is 0 Å². The van der Waals surface area contributed by atoms with Crippen LogP contribution in [0.2, 0.25) is 0 Å². The van der Waals surface area contributed by atoms with E-state index in [9.17, 15) is 4.79 Å². The monoisotopic (exact) mass is 249 g/mol. The Bertz CT molecular complexity index is 380. The number of aromatic amines is 1. The Morgan fingerprint density at radius 3 is 2.72 bits per heavy atom. The van der Waals surface area contributed by atoms with Crippen molar-refractivity contribution in [2.45, 2.75) is 58.4 Å². The topological polar surface area (TPSA) is 57.8 Å². The Morgan fingerprint density at radius 1 is 1.50 bits per heavy atom. The third kappa shape index (κ3) is 2.42. The third-order valence-corrected chi connectivity index (χ3v) is 4.28. The van der Waals surface area contributed by atoms with Crippen molar-refractivity contribution in [1.82, 2.24) is 15.3 Å². The molecule has 1 fully saturated rings. The Morgan fingerprint density at radius 2 is 2.22 bits per heavy atom. The van der Waals surface area contributed by atoms with Crippen LogP contribution in [0.1, 0.15) is 64.2 Å². The van der Waals surface area contributed by atoms with Crippen molar-refractivity contribution in [1.29, 1.82) is 0 Å². The van der Waals surface area contributed by atoms with E-state index in [1.165, 1.54) is 12.8 Å². The smallest absolute Gasteiger partial charge is 0.226 e. The maximum absolute atomic E-state index is 12.5. The fraction of sp³-hybridized carbons (Fsp3) is 0.714. The Labute approximate surface area is 109 Å². The fourth-order valence-electron chi connectivity index (χ4n) is 2.94. The lowest BCUT2D eigenvalue weighted by Gasteiger charge is -2.28. The second-order valence-electron chi connectivity index (χ2n) is 5.25. The highest BCUT2D eigenvalue weighted by Crippen LogP contribution is 2.41. The van der Waals surface area contributed by atoms with Crippen molar-refractivity contribution in [2.75, 3.05) is 0 Å².